The molecule has 0 aliphatic carbocycles. The molecule has 0 aliphatic rings. The van der Waals surface area contributed by atoms with E-state index in [9.17, 15) is 4.79 Å². The molecule has 0 heterocycles. The number of carbonyl (C=O) groups is 1. The number of rotatable bonds is 6. The van der Waals surface area contributed by atoms with Gasteiger partial charge in [0.25, 0.3) is 0 Å². The Morgan fingerprint density at radius 3 is 2.00 bits per heavy atom. The Kier molecular flexibility index (Phi) is 7.21. The highest BCUT2D eigenvalue weighted by molar-refractivity contribution is 6.76. The van der Waals surface area contributed by atoms with E-state index in [2.05, 4.69) is 33.9 Å². The molecule has 0 unspecified atom stereocenters. The summed E-state index contributed by atoms with van der Waals surface area (Å²) < 4.78 is 4.21. The first-order valence-electron chi connectivity index (χ1n) is 6.12. The van der Waals surface area contributed by atoms with Gasteiger partial charge in [0, 0.05) is 13.0 Å². The molecule has 0 aromatic carbocycles. The summed E-state index contributed by atoms with van der Waals surface area (Å²) in [4.78, 5) is 11.4. The molecule has 2 nitrogen and oxygen atoms in total. The Labute approximate surface area is 126 Å². The number of hydrogen-bond donors (Lipinski definition) is 0. The second-order valence-corrected chi connectivity index (χ2v) is 13.1. The number of unbranched alkanes of at least 4 members (excludes halogenated alkanes) is 1. The smallest absolute Gasteiger partial charge is 0.248 e. The molecule has 0 spiro atoms. The van der Waals surface area contributed by atoms with E-state index in [1.807, 2.05) is 0 Å². The van der Waals surface area contributed by atoms with E-state index < -0.39 is 12.1 Å². The molecule has 0 aromatic rings. The van der Waals surface area contributed by atoms with Gasteiger partial charge in [-0.3, -0.25) is 4.79 Å². The van der Waals surface area contributed by atoms with Crippen molar-refractivity contribution in [3.05, 3.63) is 0 Å². The minimum absolute atomic E-state index is 0.209. The van der Waals surface area contributed by atoms with Crippen molar-refractivity contribution in [3.8, 4) is 0 Å². The first-order valence-corrected chi connectivity index (χ1v) is 10.2. The zero-order chi connectivity index (χ0) is 14.6. The average molecular weight is 334 g/mol. The predicted octanol–water partition coefficient (Wildman–Crippen LogP) is 5.12. The second kappa shape index (κ2) is 6.94. The van der Waals surface area contributed by atoms with Gasteiger partial charge in [-0.15, -0.1) is 0 Å². The van der Waals surface area contributed by atoms with Gasteiger partial charge >= 0.3 is 0 Å². The summed E-state index contributed by atoms with van der Waals surface area (Å²) in [5.41, 5.74) is 0. The molecule has 0 saturated carbocycles. The van der Waals surface area contributed by atoms with Crippen LogP contribution in [0.25, 0.3) is 0 Å². The fourth-order valence-electron chi connectivity index (χ4n) is 1.07. The summed E-state index contributed by atoms with van der Waals surface area (Å²) in [5, 5.41) is 0.209. The van der Waals surface area contributed by atoms with E-state index in [0.29, 0.717) is 13.0 Å². The number of Topliss-reactive ketones (excluding diaryl/α,β-unsaturated/α-hetero) is 1. The first-order chi connectivity index (χ1) is 7.88. The molecule has 0 aliphatic heterocycles. The van der Waals surface area contributed by atoms with Crippen molar-refractivity contribution >= 4 is 48.9 Å². The van der Waals surface area contributed by atoms with Crippen molar-refractivity contribution < 1.29 is 9.22 Å². The Morgan fingerprint density at radius 1 is 1.11 bits per heavy atom. The SMILES string of the molecule is CC(C)(C)[Si](C)(C)OCCCCC(=O)C(Cl)(Cl)Cl. The maximum absolute atomic E-state index is 11.4. The van der Waals surface area contributed by atoms with Gasteiger partial charge in [-0.2, -0.15) is 0 Å². The third-order valence-corrected chi connectivity index (χ3v) is 8.55. The van der Waals surface area contributed by atoms with Crippen LogP contribution in [-0.4, -0.2) is 24.5 Å². The highest BCUT2D eigenvalue weighted by Gasteiger charge is 2.36. The second-order valence-electron chi connectivity index (χ2n) is 5.99. The normalized spacial score (nSPS) is 13.8. The highest BCUT2D eigenvalue weighted by Crippen LogP contribution is 2.36. The zero-order valence-corrected chi connectivity index (χ0v) is 15.0. The average Bonchev–Trinajstić information content (AvgIpc) is 2.13. The van der Waals surface area contributed by atoms with Crippen molar-refractivity contribution in [3.63, 3.8) is 0 Å². The van der Waals surface area contributed by atoms with Gasteiger partial charge in [-0.05, 0) is 31.0 Å². The van der Waals surface area contributed by atoms with Gasteiger partial charge in [-0.1, -0.05) is 55.6 Å². The van der Waals surface area contributed by atoms with Gasteiger partial charge in [-0.25, -0.2) is 0 Å². The molecular formula is C12H23Cl3O2Si. The molecule has 108 valence electrons. The Hall–Kier alpha value is 0.717. The summed E-state index contributed by atoms with van der Waals surface area (Å²) in [6, 6.07) is 0. The quantitative estimate of drug-likeness (QED) is 0.383. The standard InChI is InChI=1S/C12H23Cl3O2Si/c1-11(2,3)18(4,5)17-9-7-6-8-10(16)12(13,14)15/h6-9H2,1-5H3. The summed E-state index contributed by atoms with van der Waals surface area (Å²) >= 11 is 16.5. The molecular weight excluding hydrogens is 311 g/mol. The summed E-state index contributed by atoms with van der Waals surface area (Å²) in [6.07, 6.45) is 1.80. The van der Waals surface area contributed by atoms with E-state index in [-0.39, 0.29) is 17.2 Å². The molecule has 0 aromatic heterocycles. The van der Waals surface area contributed by atoms with E-state index in [0.717, 1.165) is 6.42 Å². The minimum atomic E-state index is -1.78. The molecule has 0 amide bonds. The Morgan fingerprint density at radius 2 is 1.61 bits per heavy atom. The van der Waals surface area contributed by atoms with Crippen LogP contribution in [0, 0.1) is 0 Å². The van der Waals surface area contributed by atoms with Crippen LogP contribution in [0.15, 0.2) is 0 Å². The first kappa shape index (κ1) is 18.7. The van der Waals surface area contributed by atoms with E-state index in [1.54, 1.807) is 0 Å². The Balaban J connectivity index is 3.86. The van der Waals surface area contributed by atoms with E-state index in [4.69, 9.17) is 39.2 Å². The minimum Gasteiger partial charge on any atom is -0.417 e. The Bertz CT molecular complexity index is 280. The molecule has 6 heteroatoms. The maximum Gasteiger partial charge on any atom is 0.248 e. The third kappa shape index (κ3) is 6.76. The predicted molar refractivity (Wildman–Crippen MR) is 82.3 cm³/mol. The summed E-state index contributed by atoms with van der Waals surface area (Å²) in [5.74, 6) is -0.347. The lowest BCUT2D eigenvalue weighted by atomic mass is 10.2. The van der Waals surface area contributed by atoms with Gasteiger partial charge < -0.3 is 4.43 Å². The number of carbonyl (C=O) groups excluding carboxylic acids is 1. The lowest BCUT2D eigenvalue weighted by Crippen LogP contribution is -2.40. The molecule has 0 atom stereocenters. The molecule has 18 heavy (non-hydrogen) atoms. The van der Waals surface area contributed by atoms with Gasteiger partial charge in [0.15, 0.2) is 14.1 Å². The molecule has 0 saturated heterocycles. The molecule has 0 rings (SSSR count). The topological polar surface area (TPSA) is 26.3 Å². The van der Waals surface area contributed by atoms with Gasteiger partial charge in [0.1, 0.15) is 0 Å². The van der Waals surface area contributed by atoms with Crippen LogP contribution in [-0.2, 0) is 9.22 Å². The highest BCUT2D eigenvalue weighted by atomic mass is 35.6. The lowest BCUT2D eigenvalue weighted by Gasteiger charge is -2.36. The molecule has 0 bridgehead atoms. The van der Waals surface area contributed by atoms with E-state index >= 15 is 0 Å². The van der Waals surface area contributed by atoms with Crippen LogP contribution in [0.5, 0.6) is 0 Å². The third-order valence-electron chi connectivity index (χ3n) is 3.38. The van der Waals surface area contributed by atoms with Gasteiger partial charge in [0.05, 0.1) is 0 Å². The fraction of sp³-hybridized carbons (Fsp3) is 0.917. The van der Waals surface area contributed by atoms with Crippen LogP contribution in [0.2, 0.25) is 18.1 Å². The van der Waals surface area contributed by atoms with E-state index in [1.165, 1.54) is 0 Å². The number of halogens is 3. The van der Waals surface area contributed by atoms with Crippen molar-refractivity contribution in [2.45, 2.75) is 62.0 Å². The van der Waals surface area contributed by atoms with Crippen LogP contribution in [0.3, 0.4) is 0 Å². The number of hydrogen-bond acceptors (Lipinski definition) is 2. The maximum atomic E-state index is 11.4. The van der Waals surface area contributed by atoms with Crippen LogP contribution >= 0.6 is 34.8 Å². The molecule has 0 N–H and O–H groups in total. The monoisotopic (exact) mass is 332 g/mol. The fourth-order valence-corrected chi connectivity index (χ4v) is 2.44. The largest absolute Gasteiger partial charge is 0.417 e. The molecule has 0 radical (unpaired) electrons. The van der Waals surface area contributed by atoms with Gasteiger partial charge in [0.2, 0.25) is 3.79 Å². The lowest BCUT2D eigenvalue weighted by molar-refractivity contribution is -0.118. The summed E-state index contributed by atoms with van der Waals surface area (Å²) in [7, 11) is -1.68. The van der Waals surface area contributed by atoms with Crippen molar-refractivity contribution in [1.29, 1.82) is 0 Å². The zero-order valence-electron chi connectivity index (χ0n) is 11.8. The van der Waals surface area contributed by atoms with Crippen molar-refractivity contribution in [2.24, 2.45) is 0 Å². The van der Waals surface area contributed by atoms with Crippen LogP contribution in [0.4, 0.5) is 0 Å². The number of ketones is 1. The number of alkyl halides is 3. The van der Waals surface area contributed by atoms with Crippen LogP contribution in [0.1, 0.15) is 40.0 Å². The van der Waals surface area contributed by atoms with Crippen LogP contribution < -0.4 is 0 Å². The van der Waals surface area contributed by atoms with Crippen molar-refractivity contribution in [2.75, 3.05) is 6.61 Å². The summed E-state index contributed by atoms with van der Waals surface area (Å²) in [6.45, 7) is 11.7. The van der Waals surface area contributed by atoms with Crippen molar-refractivity contribution in [1.82, 2.24) is 0 Å². The molecule has 0 fully saturated rings.